The molecule has 0 saturated heterocycles. The molecule has 0 bridgehead atoms. The Bertz CT molecular complexity index is 693. The molecule has 7 nitrogen and oxygen atoms in total. The number of amides is 1. The maximum Gasteiger partial charge on any atom is 0.225 e. The topological polar surface area (TPSA) is 76.8 Å². The normalized spacial score (nSPS) is 14.2. The minimum Gasteiger partial charge on any atom is -0.315 e. The van der Waals surface area contributed by atoms with E-state index in [0.29, 0.717) is 16.9 Å². The maximum absolute atomic E-state index is 11.8. The van der Waals surface area contributed by atoms with Gasteiger partial charge in [0, 0.05) is 19.5 Å². The van der Waals surface area contributed by atoms with Gasteiger partial charge in [-0.3, -0.25) is 9.69 Å². The fraction of sp³-hybridized carbons (Fsp3) is 0.643. The van der Waals surface area contributed by atoms with E-state index in [2.05, 4.69) is 31.9 Å². The van der Waals surface area contributed by atoms with Gasteiger partial charge in [-0.05, 0) is 26.2 Å². The number of nitrogens with zero attached hydrogens (tertiary/aromatic N) is 6. The summed E-state index contributed by atoms with van der Waals surface area (Å²) in [6, 6.07) is 0.314. The van der Waals surface area contributed by atoms with Crippen LogP contribution in [0.4, 0.5) is 5.13 Å². The molecule has 23 heavy (non-hydrogen) atoms. The van der Waals surface area contributed by atoms with Crippen LogP contribution >= 0.6 is 23.1 Å². The second kappa shape index (κ2) is 6.96. The first kappa shape index (κ1) is 16.4. The van der Waals surface area contributed by atoms with Gasteiger partial charge in [0.25, 0.3) is 0 Å². The van der Waals surface area contributed by atoms with Crippen LogP contribution in [0.25, 0.3) is 0 Å². The Morgan fingerprint density at radius 2 is 2.13 bits per heavy atom. The van der Waals surface area contributed by atoms with Crippen molar-refractivity contribution in [1.29, 1.82) is 0 Å². The van der Waals surface area contributed by atoms with E-state index in [1.54, 1.807) is 23.6 Å². The highest BCUT2D eigenvalue weighted by atomic mass is 32.2. The van der Waals surface area contributed by atoms with Crippen molar-refractivity contribution in [1.82, 2.24) is 25.0 Å². The molecule has 0 aliphatic heterocycles. The Balaban J connectivity index is 1.66. The van der Waals surface area contributed by atoms with E-state index in [4.69, 9.17) is 0 Å². The maximum atomic E-state index is 11.8. The zero-order valence-electron chi connectivity index (χ0n) is 13.5. The highest BCUT2D eigenvalue weighted by Crippen LogP contribution is 2.36. The molecule has 1 fully saturated rings. The average molecular weight is 352 g/mol. The molecule has 3 rings (SSSR count). The van der Waals surface area contributed by atoms with Crippen LogP contribution in [0.15, 0.2) is 4.34 Å². The average Bonchev–Trinajstić information content (AvgIpc) is 3.12. The zero-order chi connectivity index (χ0) is 16.4. The van der Waals surface area contributed by atoms with Crippen LogP contribution in [0.2, 0.25) is 0 Å². The van der Waals surface area contributed by atoms with Gasteiger partial charge in [0.2, 0.25) is 11.0 Å². The van der Waals surface area contributed by atoms with Gasteiger partial charge in [0.15, 0.2) is 4.34 Å². The third-order valence-corrected chi connectivity index (χ3v) is 5.69. The lowest BCUT2D eigenvalue weighted by Crippen LogP contribution is -2.30. The fourth-order valence-corrected chi connectivity index (χ4v) is 4.31. The van der Waals surface area contributed by atoms with E-state index in [0.717, 1.165) is 41.8 Å². The van der Waals surface area contributed by atoms with E-state index in [1.165, 1.54) is 11.3 Å². The van der Waals surface area contributed by atoms with Gasteiger partial charge in [0.05, 0.1) is 5.75 Å². The van der Waals surface area contributed by atoms with Gasteiger partial charge in [-0.15, -0.1) is 20.4 Å². The van der Waals surface area contributed by atoms with Gasteiger partial charge in [-0.1, -0.05) is 30.0 Å². The molecule has 2 aromatic rings. The van der Waals surface area contributed by atoms with Crippen LogP contribution in [-0.2, 0) is 17.1 Å². The number of carbonyl (C=O) groups is 1. The largest absolute Gasteiger partial charge is 0.315 e. The zero-order valence-corrected chi connectivity index (χ0v) is 15.2. The van der Waals surface area contributed by atoms with E-state index < -0.39 is 0 Å². The summed E-state index contributed by atoms with van der Waals surface area (Å²) in [5.41, 5.74) is 0. The lowest BCUT2D eigenvalue weighted by Gasteiger charge is -2.15. The van der Waals surface area contributed by atoms with Crippen molar-refractivity contribution in [2.75, 3.05) is 4.90 Å². The molecule has 1 aliphatic rings. The minimum atomic E-state index is 0.0403. The van der Waals surface area contributed by atoms with E-state index in [9.17, 15) is 4.79 Å². The Kier molecular flexibility index (Phi) is 4.96. The number of anilines is 1. The van der Waals surface area contributed by atoms with Crippen LogP contribution < -0.4 is 4.90 Å². The van der Waals surface area contributed by atoms with Crippen molar-refractivity contribution in [2.45, 2.75) is 62.7 Å². The molecular formula is C14H20N6OS2. The molecule has 0 unspecified atom stereocenters. The molecule has 1 aliphatic carbocycles. The van der Waals surface area contributed by atoms with Crippen molar-refractivity contribution in [2.24, 2.45) is 0 Å². The monoisotopic (exact) mass is 352 g/mol. The number of carbonyl (C=O) groups excluding carboxylic acids is 1. The number of hydrogen-bond acceptors (Lipinski definition) is 7. The Morgan fingerprint density at radius 3 is 2.78 bits per heavy atom. The number of hydrogen-bond donors (Lipinski definition) is 0. The lowest BCUT2D eigenvalue weighted by molar-refractivity contribution is -0.116. The highest BCUT2D eigenvalue weighted by molar-refractivity contribution is 8.00. The smallest absolute Gasteiger partial charge is 0.225 e. The number of thioether (sulfide) groups is 1. The molecule has 0 atom stereocenters. The first-order valence-corrected chi connectivity index (χ1v) is 9.55. The second-order valence-electron chi connectivity index (χ2n) is 5.57. The number of aromatic nitrogens is 5. The number of rotatable bonds is 7. The van der Waals surface area contributed by atoms with Crippen LogP contribution in [0.3, 0.4) is 0 Å². The molecule has 9 heteroatoms. The fourth-order valence-electron chi connectivity index (χ4n) is 2.41. The van der Waals surface area contributed by atoms with Crippen molar-refractivity contribution >= 4 is 34.1 Å². The van der Waals surface area contributed by atoms with E-state index >= 15 is 0 Å². The van der Waals surface area contributed by atoms with Crippen LogP contribution in [-0.4, -0.2) is 36.9 Å². The molecule has 1 saturated carbocycles. The minimum absolute atomic E-state index is 0.0403. The Labute approximate surface area is 143 Å². The Morgan fingerprint density at radius 1 is 1.35 bits per heavy atom. The molecule has 2 aromatic heterocycles. The molecule has 1 amide bonds. The van der Waals surface area contributed by atoms with E-state index in [1.807, 2.05) is 6.92 Å². The van der Waals surface area contributed by atoms with Crippen molar-refractivity contribution < 1.29 is 4.79 Å². The van der Waals surface area contributed by atoms with E-state index in [-0.39, 0.29) is 5.91 Å². The second-order valence-corrected chi connectivity index (χ2v) is 7.75. The standard InChI is InChI=1S/C14H20N6OS2/c1-4-7-19-9(2)15-16-12(19)8-22-14-18-17-13(23-14)20(10(3)21)11-5-6-11/h11H,4-8H2,1-3H3. The van der Waals surface area contributed by atoms with Crippen molar-refractivity contribution in [3.63, 3.8) is 0 Å². The summed E-state index contributed by atoms with van der Waals surface area (Å²) >= 11 is 3.06. The molecule has 124 valence electrons. The predicted molar refractivity (Wildman–Crippen MR) is 90.7 cm³/mol. The molecule has 0 spiro atoms. The van der Waals surface area contributed by atoms with Gasteiger partial charge >= 0.3 is 0 Å². The quantitative estimate of drug-likeness (QED) is 0.563. The molecule has 0 aromatic carbocycles. The summed E-state index contributed by atoms with van der Waals surface area (Å²) in [5.74, 6) is 2.64. The van der Waals surface area contributed by atoms with Gasteiger partial charge in [0.1, 0.15) is 11.6 Å². The van der Waals surface area contributed by atoms with Crippen molar-refractivity contribution in [3.8, 4) is 0 Å². The predicted octanol–water partition coefficient (Wildman–Crippen LogP) is 2.66. The SMILES string of the molecule is CCCn1c(C)nnc1CSc1nnc(N(C(C)=O)C2CC2)s1. The third-order valence-electron chi connectivity index (χ3n) is 3.64. The molecule has 0 N–H and O–H groups in total. The molecular weight excluding hydrogens is 332 g/mol. The Hall–Kier alpha value is -1.48. The summed E-state index contributed by atoms with van der Waals surface area (Å²) in [6.45, 7) is 6.63. The summed E-state index contributed by atoms with van der Waals surface area (Å²) in [7, 11) is 0. The van der Waals surface area contributed by atoms with Crippen molar-refractivity contribution in [3.05, 3.63) is 11.6 Å². The lowest BCUT2D eigenvalue weighted by atomic mass is 10.4. The van der Waals surface area contributed by atoms with Gasteiger partial charge in [-0.25, -0.2) is 0 Å². The number of aryl methyl sites for hydroxylation is 1. The summed E-state index contributed by atoms with van der Waals surface area (Å²) < 4.78 is 3.00. The first-order valence-electron chi connectivity index (χ1n) is 7.75. The summed E-state index contributed by atoms with van der Waals surface area (Å²) in [5, 5.41) is 17.5. The van der Waals surface area contributed by atoms with Gasteiger partial charge in [-0.2, -0.15) is 0 Å². The van der Waals surface area contributed by atoms with Crippen LogP contribution in [0.5, 0.6) is 0 Å². The van der Waals surface area contributed by atoms with Crippen LogP contribution in [0, 0.1) is 6.92 Å². The third kappa shape index (κ3) is 3.72. The summed E-state index contributed by atoms with van der Waals surface area (Å²) in [6.07, 6.45) is 3.16. The van der Waals surface area contributed by atoms with Crippen LogP contribution in [0.1, 0.15) is 44.8 Å². The summed E-state index contributed by atoms with van der Waals surface area (Å²) in [4.78, 5) is 13.5. The molecule has 2 heterocycles. The first-order chi connectivity index (χ1) is 11.1. The highest BCUT2D eigenvalue weighted by Gasteiger charge is 2.34. The molecule has 0 radical (unpaired) electrons. The van der Waals surface area contributed by atoms with Gasteiger partial charge < -0.3 is 4.57 Å².